The first-order chi connectivity index (χ1) is 15.0. The fraction of sp³-hybridized carbons (Fsp3) is 0.682. The first-order valence-electron chi connectivity index (χ1n) is 11.4. The van der Waals surface area contributed by atoms with E-state index < -0.39 is 0 Å². The third-order valence-corrected chi connectivity index (χ3v) is 6.56. The van der Waals surface area contributed by atoms with Crippen LogP contribution in [0.15, 0.2) is 0 Å². The topological polar surface area (TPSA) is 98.7 Å². The molecule has 1 N–H and O–H groups in total. The Bertz CT molecular complexity index is 857. The van der Waals surface area contributed by atoms with Gasteiger partial charge in [-0.3, -0.25) is 19.3 Å². The van der Waals surface area contributed by atoms with Crippen LogP contribution >= 0.6 is 0 Å². The van der Waals surface area contributed by atoms with Gasteiger partial charge in [-0.2, -0.15) is 0 Å². The number of carbonyl (C=O) groups excluding carboxylic acids is 3. The zero-order valence-corrected chi connectivity index (χ0v) is 18.5. The monoisotopic (exact) mass is 428 g/mol. The lowest BCUT2D eigenvalue weighted by molar-refractivity contribution is -0.148. The highest BCUT2D eigenvalue weighted by molar-refractivity contribution is 5.97. The number of likely N-dealkylation sites (N-methyl/N-ethyl adjacent to an activating group) is 1. The first kappa shape index (κ1) is 21.7. The number of fused-ring (bicyclic) bond motifs is 1. The van der Waals surface area contributed by atoms with Gasteiger partial charge >= 0.3 is 0 Å². The van der Waals surface area contributed by atoms with E-state index in [9.17, 15) is 14.4 Å². The van der Waals surface area contributed by atoms with Crippen molar-refractivity contribution in [1.29, 1.82) is 0 Å². The molecule has 3 aliphatic heterocycles. The molecule has 0 spiro atoms. The molecule has 4 rings (SSSR count). The summed E-state index contributed by atoms with van der Waals surface area (Å²) < 4.78 is 0. The molecular weight excluding hydrogens is 396 g/mol. The predicted molar refractivity (Wildman–Crippen MR) is 115 cm³/mol. The van der Waals surface area contributed by atoms with Crippen molar-refractivity contribution in [2.45, 2.75) is 64.0 Å². The summed E-state index contributed by atoms with van der Waals surface area (Å²) in [5.74, 6) is 1.17. The van der Waals surface area contributed by atoms with Gasteiger partial charge in [0.05, 0.1) is 11.7 Å². The van der Waals surface area contributed by atoms with Gasteiger partial charge in [0.25, 0.3) is 0 Å². The summed E-state index contributed by atoms with van der Waals surface area (Å²) in [7, 11) is 3.96. The van der Waals surface area contributed by atoms with Gasteiger partial charge in [0, 0.05) is 58.1 Å². The minimum Gasteiger partial charge on any atom is -0.373 e. The Balaban J connectivity index is 1.52. The molecule has 9 nitrogen and oxygen atoms in total. The van der Waals surface area contributed by atoms with Gasteiger partial charge in [0.1, 0.15) is 5.82 Å². The van der Waals surface area contributed by atoms with E-state index in [4.69, 9.17) is 9.97 Å². The molecule has 1 aromatic rings. The van der Waals surface area contributed by atoms with E-state index in [1.54, 1.807) is 0 Å². The normalized spacial score (nSPS) is 22.5. The molecule has 0 bridgehead atoms. The predicted octanol–water partition coefficient (Wildman–Crippen LogP) is 1.49. The molecule has 0 saturated carbocycles. The molecule has 31 heavy (non-hydrogen) atoms. The molecule has 0 aromatic carbocycles. The van der Waals surface area contributed by atoms with Gasteiger partial charge in [-0.25, -0.2) is 9.97 Å². The second-order valence-corrected chi connectivity index (χ2v) is 8.73. The van der Waals surface area contributed by atoms with E-state index >= 15 is 0 Å². The summed E-state index contributed by atoms with van der Waals surface area (Å²) in [4.78, 5) is 52.3. The summed E-state index contributed by atoms with van der Waals surface area (Å²) in [6, 6.07) is -0.168. The molecule has 3 aliphatic rings. The van der Waals surface area contributed by atoms with Crippen LogP contribution < -0.4 is 5.32 Å². The number of likely N-dealkylation sites (tertiary alicyclic amines) is 2. The summed E-state index contributed by atoms with van der Waals surface area (Å²) in [5, 5.41) is 3.22. The summed E-state index contributed by atoms with van der Waals surface area (Å²) in [5.41, 5.74) is 2.20. The molecular formula is C22H32N6O3. The Hall–Kier alpha value is -2.55. The van der Waals surface area contributed by atoms with Crippen molar-refractivity contribution in [1.82, 2.24) is 24.7 Å². The van der Waals surface area contributed by atoms with Gasteiger partial charge in [0.2, 0.25) is 17.7 Å². The quantitative estimate of drug-likeness (QED) is 0.710. The molecule has 2 fully saturated rings. The number of hydrogen-bond acceptors (Lipinski definition) is 7. The highest BCUT2D eigenvalue weighted by atomic mass is 16.2. The van der Waals surface area contributed by atoms with Crippen LogP contribution in [-0.4, -0.2) is 76.1 Å². The standard InChI is InChI=1S/C22H32N6O3/c1-23-21-15-9-12-26(2)14-16(15)24-22(25-21)17-6-3-4-11-27(17)20(31)10-13-28-18(29)7-5-8-19(28)30/h17H,3-14H2,1-2H3,(H,23,24,25)/t17-/m0/s1. The maximum Gasteiger partial charge on any atom is 0.229 e. The second kappa shape index (κ2) is 9.30. The van der Waals surface area contributed by atoms with Crippen molar-refractivity contribution < 1.29 is 14.4 Å². The van der Waals surface area contributed by atoms with E-state index in [1.165, 1.54) is 10.5 Å². The molecule has 9 heteroatoms. The Labute approximate surface area is 183 Å². The molecule has 1 atom stereocenters. The Morgan fingerprint density at radius 1 is 1.06 bits per heavy atom. The van der Waals surface area contributed by atoms with Crippen LogP contribution in [0.1, 0.15) is 68.1 Å². The number of anilines is 1. The van der Waals surface area contributed by atoms with Crippen LogP contribution in [-0.2, 0) is 27.3 Å². The number of nitrogens with one attached hydrogen (secondary N) is 1. The smallest absolute Gasteiger partial charge is 0.229 e. The van der Waals surface area contributed by atoms with Gasteiger partial charge in [-0.05, 0) is 39.2 Å². The molecule has 2 saturated heterocycles. The van der Waals surface area contributed by atoms with E-state index in [2.05, 4.69) is 17.3 Å². The maximum absolute atomic E-state index is 13.1. The highest BCUT2D eigenvalue weighted by Gasteiger charge is 2.33. The van der Waals surface area contributed by atoms with E-state index in [1.807, 2.05) is 11.9 Å². The van der Waals surface area contributed by atoms with E-state index in [-0.39, 0.29) is 36.7 Å². The maximum atomic E-state index is 13.1. The van der Waals surface area contributed by atoms with Crippen LogP contribution in [0.4, 0.5) is 5.82 Å². The minimum absolute atomic E-state index is 0.0414. The van der Waals surface area contributed by atoms with Crippen LogP contribution in [0.2, 0.25) is 0 Å². The Kier molecular flexibility index (Phi) is 6.50. The number of piperidine rings is 2. The summed E-state index contributed by atoms with van der Waals surface area (Å²) >= 11 is 0. The highest BCUT2D eigenvalue weighted by Crippen LogP contribution is 2.32. The number of nitrogens with zero attached hydrogens (tertiary/aromatic N) is 5. The third kappa shape index (κ3) is 4.56. The third-order valence-electron chi connectivity index (χ3n) is 6.56. The van der Waals surface area contributed by atoms with Crippen molar-refractivity contribution in [3.8, 4) is 0 Å². The molecule has 3 amide bonds. The van der Waals surface area contributed by atoms with Crippen molar-refractivity contribution in [3.63, 3.8) is 0 Å². The van der Waals surface area contributed by atoms with E-state index in [0.717, 1.165) is 50.3 Å². The lowest BCUT2D eigenvalue weighted by Gasteiger charge is -2.36. The van der Waals surface area contributed by atoms with Gasteiger partial charge in [-0.1, -0.05) is 0 Å². The fourth-order valence-corrected chi connectivity index (χ4v) is 4.83. The molecule has 1 aromatic heterocycles. The SMILES string of the molecule is CNc1nc([C@@H]2CCCCN2C(=O)CCN2C(=O)CCCC2=O)nc2c1CCN(C)C2. The van der Waals surface area contributed by atoms with Crippen LogP contribution in [0, 0.1) is 0 Å². The molecule has 0 unspecified atom stereocenters. The average Bonchev–Trinajstić information content (AvgIpc) is 2.77. The largest absolute Gasteiger partial charge is 0.373 e. The Morgan fingerprint density at radius 3 is 2.58 bits per heavy atom. The number of aromatic nitrogens is 2. The lowest BCUT2D eigenvalue weighted by Crippen LogP contribution is -2.44. The van der Waals surface area contributed by atoms with Crippen LogP contribution in [0.25, 0.3) is 0 Å². The zero-order chi connectivity index (χ0) is 22.0. The van der Waals surface area contributed by atoms with Crippen molar-refractivity contribution in [2.24, 2.45) is 0 Å². The molecule has 4 heterocycles. The van der Waals surface area contributed by atoms with Crippen molar-refractivity contribution >= 4 is 23.5 Å². The molecule has 0 aliphatic carbocycles. The van der Waals surface area contributed by atoms with Gasteiger partial charge < -0.3 is 15.1 Å². The lowest BCUT2D eigenvalue weighted by atomic mass is 9.99. The molecule has 0 radical (unpaired) electrons. The second-order valence-electron chi connectivity index (χ2n) is 8.73. The van der Waals surface area contributed by atoms with Crippen molar-refractivity contribution in [3.05, 3.63) is 17.1 Å². The number of rotatable bonds is 5. The van der Waals surface area contributed by atoms with Crippen molar-refractivity contribution in [2.75, 3.05) is 39.0 Å². The number of carbonyl (C=O) groups is 3. The zero-order valence-electron chi connectivity index (χ0n) is 18.5. The minimum atomic E-state index is -0.168. The van der Waals surface area contributed by atoms with Gasteiger partial charge in [0.15, 0.2) is 5.82 Å². The number of amides is 3. The number of imide groups is 1. The van der Waals surface area contributed by atoms with Crippen LogP contribution in [0.3, 0.4) is 0 Å². The summed E-state index contributed by atoms with van der Waals surface area (Å²) in [6.07, 6.45) is 5.23. The number of hydrogen-bond donors (Lipinski definition) is 1. The van der Waals surface area contributed by atoms with Gasteiger partial charge in [-0.15, -0.1) is 0 Å². The fourth-order valence-electron chi connectivity index (χ4n) is 4.83. The summed E-state index contributed by atoms with van der Waals surface area (Å²) in [6.45, 7) is 2.57. The Morgan fingerprint density at radius 2 is 1.84 bits per heavy atom. The first-order valence-corrected chi connectivity index (χ1v) is 11.4. The molecule has 168 valence electrons. The van der Waals surface area contributed by atoms with E-state index in [0.29, 0.717) is 31.6 Å². The average molecular weight is 429 g/mol. The van der Waals surface area contributed by atoms with Crippen LogP contribution in [0.5, 0.6) is 0 Å².